The van der Waals surface area contributed by atoms with E-state index in [0.717, 1.165) is 5.39 Å². The number of carbonyl (C=O) groups excluding carboxylic acids is 1. The van der Waals surface area contributed by atoms with Gasteiger partial charge in [0.1, 0.15) is 12.4 Å². The Labute approximate surface area is 148 Å². The molecule has 0 aliphatic heterocycles. The second-order valence-corrected chi connectivity index (χ2v) is 5.90. The number of ether oxygens (including phenoxy) is 2. The van der Waals surface area contributed by atoms with Gasteiger partial charge in [-0.25, -0.2) is 4.79 Å². The largest absolute Gasteiger partial charge is 0.497 e. The maximum absolute atomic E-state index is 12.2. The van der Waals surface area contributed by atoms with Crippen molar-refractivity contribution in [2.24, 2.45) is 0 Å². The second-order valence-electron chi connectivity index (χ2n) is 5.06. The molecule has 1 aromatic heterocycles. The molecule has 0 unspecified atom stereocenters. The van der Waals surface area contributed by atoms with E-state index < -0.39 is 5.97 Å². The lowest BCUT2D eigenvalue weighted by Gasteiger charge is -2.10. The molecule has 6 heteroatoms. The van der Waals surface area contributed by atoms with Gasteiger partial charge in [0, 0.05) is 22.2 Å². The zero-order valence-electron chi connectivity index (χ0n) is 12.8. The molecule has 0 amide bonds. The van der Waals surface area contributed by atoms with Gasteiger partial charge in [0.2, 0.25) is 0 Å². The molecule has 0 saturated heterocycles. The molecule has 0 aliphatic rings. The van der Waals surface area contributed by atoms with Crippen molar-refractivity contribution in [3.8, 4) is 5.75 Å². The number of hydrogen-bond acceptors (Lipinski definition) is 4. The van der Waals surface area contributed by atoms with Gasteiger partial charge >= 0.3 is 5.97 Å². The van der Waals surface area contributed by atoms with Crippen LogP contribution in [-0.2, 0) is 11.3 Å². The molecule has 0 aliphatic carbocycles. The summed E-state index contributed by atoms with van der Waals surface area (Å²) in [6.45, 7) is 0.0235. The molecule has 24 heavy (non-hydrogen) atoms. The molecule has 1 heterocycles. The van der Waals surface area contributed by atoms with E-state index >= 15 is 0 Å². The number of benzene rings is 2. The fraction of sp³-hybridized carbons (Fsp3) is 0.111. The van der Waals surface area contributed by atoms with Crippen LogP contribution in [0.3, 0.4) is 0 Å². The Kier molecular flexibility index (Phi) is 4.88. The number of rotatable bonds is 4. The van der Waals surface area contributed by atoms with Gasteiger partial charge in [-0.15, -0.1) is 0 Å². The van der Waals surface area contributed by atoms with Crippen LogP contribution in [-0.4, -0.2) is 18.1 Å². The smallest absolute Gasteiger partial charge is 0.338 e. The number of pyridine rings is 1. The molecule has 0 fully saturated rings. The summed E-state index contributed by atoms with van der Waals surface area (Å²) < 4.78 is 10.4. The van der Waals surface area contributed by atoms with Crippen LogP contribution in [0.4, 0.5) is 0 Å². The number of carbonyl (C=O) groups is 1. The topological polar surface area (TPSA) is 48.4 Å². The third-order valence-electron chi connectivity index (χ3n) is 3.54. The van der Waals surface area contributed by atoms with Crippen LogP contribution in [0.25, 0.3) is 10.9 Å². The van der Waals surface area contributed by atoms with Crippen molar-refractivity contribution in [2.75, 3.05) is 7.11 Å². The monoisotopic (exact) mass is 361 g/mol. The Bertz CT molecular complexity index is 895. The first-order chi connectivity index (χ1) is 11.6. The van der Waals surface area contributed by atoms with Crippen LogP contribution in [0.15, 0.2) is 48.7 Å². The minimum absolute atomic E-state index is 0.0235. The molecule has 2 aromatic carbocycles. The lowest BCUT2D eigenvalue weighted by Crippen LogP contribution is -2.06. The quantitative estimate of drug-likeness (QED) is 0.619. The van der Waals surface area contributed by atoms with E-state index in [4.69, 9.17) is 32.7 Å². The Balaban J connectivity index is 1.82. The SMILES string of the molecule is COc1ccc(C(=O)OCc2c(Cl)ccc3cc(Cl)cnc23)cc1. The Morgan fingerprint density at radius 2 is 1.88 bits per heavy atom. The van der Waals surface area contributed by atoms with Crippen molar-refractivity contribution in [3.63, 3.8) is 0 Å². The molecule has 0 N–H and O–H groups in total. The van der Waals surface area contributed by atoms with Crippen LogP contribution in [0.5, 0.6) is 5.75 Å². The van der Waals surface area contributed by atoms with Gasteiger partial charge in [-0.3, -0.25) is 4.98 Å². The predicted octanol–water partition coefficient (Wildman–Crippen LogP) is 4.91. The van der Waals surface area contributed by atoms with Gasteiger partial charge in [0.05, 0.1) is 23.2 Å². The van der Waals surface area contributed by atoms with Crippen LogP contribution in [0, 0.1) is 0 Å². The number of hydrogen-bond donors (Lipinski definition) is 0. The number of aromatic nitrogens is 1. The zero-order valence-corrected chi connectivity index (χ0v) is 14.3. The zero-order chi connectivity index (χ0) is 17.1. The van der Waals surface area contributed by atoms with E-state index in [2.05, 4.69) is 4.98 Å². The predicted molar refractivity (Wildman–Crippen MR) is 93.9 cm³/mol. The van der Waals surface area contributed by atoms with Crippen LogP contribution in [0.2, 0.25) is 10.0 Å². The maximum Gasteiger partial charge on any atom is 0.338 e. The molecule has 0 saturated carbocycles. The molecular weight excluding hydrogens is 349 g/mol. The van der Waals surface area contributed by atoms with E-state index in [1.165, 1.54) is 6.20 Å². The summed E-state index contributed by atoms with van der Waals surface area (Å²) in [7, 11) is 1.56. The molecular formula is C18H13Cl2NO3. The van der Waals surface area contributed by atoms with Crippen molar-refractivity contribution in [1.29, 1.82) is 0 Å². The Morgan fingerprint density at radius 3 is 2.58 bits per heavy atom. The summed E-state index contributed by atoms with van der Waals surface area (Å²) in [5.74, 6) is 0.226. The van der Waals surface area contributed by atoms with Crippen molar-refractivity contribution in [2.45, 2.75) is 6.61 Å². The summed E-state index contributed by atoms with van der Waals surface area (Å²) in [5.41, 5.74) is 1.74. The number of methoxy groups -OCH3 is 1. The fourth-order valence-electron chi connectivity index (χ4n) is 2.30. The maximum atomic E-state index is 12.2. The van der Waals surface area contributed by atoms with E-state index in [9.17, 15) is 4.79 Å². The van der Waals surface area contributed by atoms with E-state index in [0.29, 0.717) is 32.4 Å². The summed E-state index contributed by atoms with van der Waals surface area (Å²) in [4.78, 5) is 16.5. The van der Waals surface area contributed by atoms with Gasteiger partial charge in [0.25, 0.3) is 0 Å². The second kappa shape index (κ2) is 7.07. The first-order valence-corrected chi connectivity index (χ1v) is 7.88. The molecule has 0 bridgehead atoms. The van der Waals surface area contributed by atoms with Crippen molar-refractivity contribution in [1.82, 2.24) is 4.98 Å². The minimum Gasteiger partial charge on any atom is -0.497 e. The molecule has 3 aromatic rings. The normalized spacial score (nSPS) is 10.6. The van der Waals surface area contributed by atoms with Crippen molar-refractivity contribution >= 4 is 40.1 Å². The van der Waals surface area contributed by atoms with Crippen molar-refractivity contribution < 1.29 is 14.3 Å². The third kappa shape index (κ3) is 3.45. The summed E-state index contributed by atoms with van der Waals surface area (Å²) in [6, 6.07) is 12.0. The number of halogens is 2. The Morgan fingerprint density at radius 1 is 1.12 bits per heavy atom. The molecule has 0 atom stereocenters. The highest BCUT2D eigenvalue weighted by Gasteiger charge is 2.12. The minimum atomic E-state index is -0.445. The fourth-order valence-corrected chi connectivity index (χ4v) is 2.67. The lowest BCUT2D eigenvalue weighted by atomic mass is 10.1. The highest BCUT2D eigenvalue weighted by Crippen LogP contribution is 2.27. The average Bonchev–Trinajstić information content (AvgIpc) is 2.60. The van der Waals surface area contributed by atoms with E-state index in [1.807, 2.05) is 6.07 Å². The van der Waals surface area contributed by atoms with Gasteiger partial charge in [-0.1, -0.05) is 29.3 Å². The van der Waals surface area contributed by atoms with E-state index in [-0.39, 0.29) is 6.61 Å². The van der Waals surface area contributed by atoms with E-state index in [1.54, 1.807) is 43.5 Å². The molecule has 0 spiro atoms. The number of nitrogens with zero attached hydrogens (tertiary/aromatic N) is 1. The number of fused-ring (bicyclic) bond motifs is 1. The molecule has 122 valence electrons. The molecule has 4 nitrogen and oxygen atoms in total. The molecule has 0 radical (unpaired) electrons. The summed E-state index contributed by atoms with van der Waals surface area (Å²) in [6.07, 6.45) is 1.54. The van der Waals surface area contributed by atoms with Crippen LogP contribution < -0.4 is 4.74 Å². The summed E-state index contributed by atoms with van der Waals surface area (Å²) in [5, 5.41) is 1.85. The van der Waals surface area contributed by atoms with Crippen LogP contribution >= 0.6 is 23.2 Å². The van der Waals surface area contributed by atoms with Gasteiger partial charge in [-0.05, 0) is 36.4 Å². The van der Waals surface area contributed by atoms with Gasteiger partial charge in [0.15, 0.2) is 0 Å². The first-order valence-electron chi connectivity index (χ1n) is 7.12. The summed E-state index contributed by atoms with van der Waals surface area (Å²) >= 11 is 12.2. The standard InChI is InChI=1S/C18H13Cl2NO3/c1-23-14-5-2-11(3-6-14)18(22)24-10-15-16(20)7-4-12-8-13(19)9-21-17(12)15/h2-9H,10H2,1H3. The highest BCUT2D eigenvalue weighted by molar-refractivity contribution is 6.33. The van der Waals surface area contributed by atoms with Gasteiger partial charge < -0.3 is 9.47 Å². The number of esters is 1. The van der Waals surface area contributed by atoms with Gasteiger partial charge in [-0.2, -0.15) is 0 Å². The van der Waals surface area contributed by atoms with Crippen LogP contribution in [0.1, 0.15) is 15.9 Å². The lowest BCUT2D eigenvalue weighted by molar-refractivity contribution is 0.0474. The first kappa shape index (κ1) is 16.6. The molecule has 3 rings (SSSR count). The van der Waals surface area contributed by atoms with Crippen molar-refractivity contribution in [3.05, 3.63) is 69.8 Å². The third-order valence-corrected chi connectivity index (χ3v) is 4.10. The average molecular weight is 362 g/mol. The highest BCUT2D eigenvalue weighted by atomic mass is 35.5. The Hall–Kier alpha value is -2.30.